The first kappa shape index (κ1) is 31.7. The second-order valence-electron chi connectivity index (χ2n) is 16.6. The van der Waals surface area contributed by atoms with E-state index in [0.29, 0.717) is 30.7 Å². The SMILES string of the molecule is COc1ccc(NC(=O)C2(C)CCC3(C)CCC4(C)C5(C)CCC6C(C)(C)C(=O)C(C#N)=CC6(C)C5=CC(=O)C4(O)C3C2)cc1. The Bertz CT molecular complexity index is 1600. The number of hydrogen-bond acceptors (Lipinski definition) is 6. The number of fused-ring (bicyclic) bond motifs is 7. The van der Waals surface area contributed by atoms with Gasteiger partial charge < -0.3 is 15.2 Å². The summed E-state index contributed by atoms with van der Waals surface area (Å²) in [6, 6.07) is 9.41. The molecule has 7 nitrogen and oxygen atoms in total. The summed E-state index contributed by atoms with van der Waals surface area (Å²) in [5, 5.41) is 26.2. The van der Waals surface area contributed by atoms with E-state index >= 15 is 0 Å². The van der Waals surface area contributed by atoms with Gasteiger partial charge in [-0.2, -0.15) is 5.26 Å². The van der Waals surface area contributed by atoms with Crippen LogP contribution in [-0.2, 0) is 14.4 Å². The van der Waals surface area contributed by atoms with Gasteiger partial charge in [-0.1, -0.05) is 54.5 Å². The number of carbonyl (C=O) groups excluding carboxylic acids is 3. The zero-order valence-corrected chi connectivity index (χ0v) is 28.1. The van der Waals surface area contributed by atoms with Gasteiger partial charge in [0, 0.05) is 33.3 Å². The fourth-order valence-corrected chi connectivity index (χ4v) is 10.9. The maximum atomic E-state index is 14.7. The molecule has 0 radical (unpaired) electrons. The van der Waals surface area contributed by atoms with E-state index in [2.05, 4.69) is 39.1 Å². The Morgan fingerprint density at radius 2 is 1.60 bits per heavy atom. The second-order valence-corrected chi connectivity index (χ2v) is 16.6. The van der Waals surface area contributed by atoms with Crippen molar-refractivity contribution >= 4 is 23.2 Å². The molecule has 5 aliphatic carbocycles. The Hall–Kier alpha value is -3.24. The molecule has 45 heavy (non-hydrogen) atoms. The number of hydrogen-bond donors (Lipinski definition) is 2. The zero-order valence-electron chi connectivity index (χ0n) is 28.1. The summed E-state index contributed by atoms with van der Waals surface area (Å²) in [5.41, 5.74) is -3.71. The topological polar surface area (TPSA) is 116 Å². The van der Waals surface area contributed by atoms with Crippen molar-refractivity contribution < 1.29 is 24.2 Å². The number of anilines is 1. The number of methoxy groups -OCH3 is 1. The largest absolute Gasteiger partial charge is 0.497 e. The lowest BCUT2D eigenvalue weighted by atomic mass is 9.33. The lowest BCUT2D eigenvalue weighted by Gasteiger charge is -2.71. The van der Waals surface area contributed by atoms with Gasteiger partial charge in [0.15, 0.2) is 11.6 Å². The summed E-state index contributed by atoms with van der Waals surface area (Å²) in [4.78, 5) is 41.9. The van der Waals surface area contributed by atoms with Crippen LogP contribution in [0.2, 0.25) is 0 Å². The maximum absolute atomic E-state index is 14.7. The fraction of sp³-hybridized carbons (Fsp3) is 0.632. The summed E-state index contributed by atoms with van der Waals surface area (Å²) in [7, 11) is 1.60. The van der Waals surface area contributed by atoms with Crippen molar-refractivity contribution in [1.29, 1.82) is 5.26 Å². The first-order valence-electron chi connectivity index (χ1n) is 16.5. The molecular weight excluding hydrogens is 564 g/mol. The van der Waals surface area contributed by atoms with Crippen molar-refractivity contribution in [2.45, 2.75) is 99.0 Å². The fourth-order valence-electron chi connectivity index (χ4n) is 10.9. The smallest absolute Gasteiger partial charge is 0.230 e. The van der Waals surface area contributed by atoms with Crippen molar-refractivity contribution in [3.63, 3.8) is 0 Å². The summed E-state index contributed by atoms with van der Waals surface area (Å²) in [5.74, 6) is -0.302. The van der Waals surface area contributed by atoms with Gasteiger partial charge in [-0.3, -0.25) is 14.4 Å². The molecule has 0 aliphatic heterocycles. The number of allylic oxidation sites excluding steroid dienone is 3. The molecule has 2 N–H and O–H groups in total. The molecule has 240 valence electrons. The third kappa shape index (κ3) is 3.93. The molecule has 0 bridgehead atoms. The van der Waals surface area contributed by atoms with Crippen LogP contribution in [0.1, 0.15) is 93.4 Å². The normalized spacial score (nSPS) is 43.3. The number of nitrogens with zero attached hydrogens (tertiary/aromatic N) is 1. The van der Waals surface area contributed by atoms with E-state index in [-0.39, 0.29) is 34.4 Å². The maximum Gasteiger partial charge on any atom is 0.230 e. The third-order valence-corrected chi connectivity index (χ3v) is 14.1. The van der Waals surface area contributed by atoms with Gasteiger partial charge in [-0.25, -0.2) is 0 Å². The van der Waals surface area contributed by atoms with Crippen LogP contribution in [0, 0.1) is 55.7 Å². The average Bonchev–Trinajstić information content (AvgIpc) is 2.99. The van der Waals surface area contributed by atoms with Crippen LogP contribution in [0.4, 0.5) is 5.69 Å². The molecule has 0 heterocycles. The highest BCUT2D eigenvalue weighted by Gasteiger charge is 2.75. The summed E-state index contributed by atoms with van der Waals surface area (Å²) in [6.07, 6.45) is 8.36. The molecule has 0 spiro atoms. The molecule has 0 saturated heterocycles. The Morgan fingerprint density at radius 3 is 2.22 bits per heavy atom. The van der Waals surface area contributed by atoms with E-state index in [9.17, 15) is 24.8 Å². The molecule has 5 aliphatic rings. The number of rotatable bonds is 3. The standard InChI is InChI=1S/C38H48N2O5/c1-32(2)26-13-14-36(6)27(35(26,5)20-23(22-39)30(32)42)19-29(41)38(44)28-21-34(4,16-15-33(28,3)17-18-37(36,38)7)31(43)40-24-9-11-25(45-8)12-10-24/h9-12,19-20,26,28,44H,13-18,21H2,1-8H3,(H,40,43). The molecule has 3 fully saturated rings. The molecule has 6 rings (SSSR count). The molecular formula is C38H48N2O5. The van der Waals surface area contributed by atoms with Crippen LogP contribution < -0.4 is 10.1 Å². The second kappa shape index (κ2) is 9.64. The van der Waals surface area contributed by atoms with Crippen LogP contribution in [0.3, 0.4) is 0 Å². The van der Waals surface area contributed by atoms with Crippen LogP contribution in [0.5, 0.6) is 5.75 Å². The predicted molar refractivity (Wildman–Crippen MR) is 172 cm³/mol. The van der Waals surface area contributed by atoms with E-state index in [1.165, 1.54) is 0 Å². The van der Waals surface area contributed by atoms with E-state index in [1.807, 2.05) is 51.1 Å². The molecule has 8 unspecified atom stereocenters. The lowest BCUT2D eigenvalue weighted by molar-refractivity contribution is -0.242. The van der Waals surface area contributed by atoms with Crippen LogP contribution in [0.15, 0.2) is 47.6 Å². The number of carbonyl (C=O) groups is 3. The minimum absolute atomic E-state index is 0.0648. The van der Waals surface area contributed by atoms with Gasteiger partial charge in [0.25, 0.3) is 0 Å². The summed E-state index contributed by atoms with van der Waals surface area (Å²) in [6.45, 7) is 14.4. The van der Waals surface area contributed by atoms with Crippen molar-refractivity contribution in [1.82, 2.24) is 0 Å². The number of Topliss-reactive ketones (excluding diaryl/α,β-unsaturated/α-hetero) is 1. The molecule has 1 aromatic rings. The van der Waals surface area contributed by atoms with Gasteiger partial charge in [0.1, 0.15) is 17.4 Å². The van der Waals surface area contributed by atoms with E-state index < -0.39 is 38.6 Å². The zero-order chi connectivity index (χ0) is 33.0. The highest BCUT2D eigenvalue weighted by molar-refractivity contribution is 6.05. The number of aliphatic hydroxyl groups is 1. The first-order valence-corrected chi connectivity index (χ1v) is 16.5. The Balaban J connectivity index is 1.42. The summed E-state index contributed by atoms with van der Waals surface area (Å²) >= 11 is 0. The Labute approximate surface area is 267 Å². The van der Waals surface area contributed by atoms with Crippen LogP contribution in [-0.4, -0.2) is 35.3 Å². The van der Waals surface area contributed by atoms with Crippen molar-refractivity contribution in [3.8, 4) is 11.8 Å². The summed E-state index contributed by atoms with van der Waals surface area (Å²) < 4.78 is 5.26. The van der Waals surface area contributed by atoms with Crippen LogP contribution >= 0.6 is 0 Å². The molecule has 8 atom stereocenters. The first-order chi connectivity index (χ1) is 20.9. The molecule has 7 heteroatoms. The number of amides is 1. The lowest BCUT2D eigenvalue weighted by Crippen LogP contribution is -2.74. The third-order valence-electron chi connectivity index (χ3n) is 14.1. The Kier molecular flexibility index (Phi) is 6.80. The highest BCUT2D eigenvalue weighted by atomic mass is 16.5. The Morgan fingerprint density at radius 1 is 0.956 bits per heavy atom. The predicted octanol–water partition coefficient (Wildman–Crippen LogP) is 6.97. The number of nitrogens with one attached hydrogen (secondary N) is 1. The number of benzene rings is 1. The minimum Gasteiger partial charge on any atom is -0.497 e. The number of ketones is 2. The molecule has 3 saturated carbocycles. The van der Waals surface area contributed by atoms with Gasteiger partial charge in [0.05, 0.1) is 12.7 Å². The van der Waals surface area contributed by atoms with Gasteiger partial charge in [-0.05, 0) is 97.6 Å². The van der Waals surface area contributed by atoms with Crippen molar-refractivity contribution in [2.24, 2.45) is 44.3 Å². The van der Waals surface area contributed by atoms with Gasteiger partial charge >= 0.3 is 0 Å². The van der Waals surface area contributed by atoms with Crippen molar-refractivity contribution in [3.05, 3.63) is 47.6 Å². The van der Waals surface area contributed by atoms with E-state index in [4.69, 9.17) is 4.74 Å². The van der Waals surface area contributed by atoms with Crippen LogP contribution in [0.25, 0.3) is 0 Å². The average molecular weight is 613 g/mol. The quantitative estimate of drug-likeness (QED) is 0.381. The monoisotopic (exact) mass is 612 g/mol. The van der Waals surface area contributed by atoms with E-state index in [1.54, 1.807) is 13.2 Å². The number of nitriles is 1. The van der Waals surface area contributed by atoms with Crippen molar-refractivity contribution in [2.75, 3.05) is 12.4 Å². The highest BCUT2D eigenvalue weighted by Crippen LogP contribution is 2.75. The molecule has 1 aromatic carbocycles. The molecule has 0 aromatic heterocycles. The minimum atomic E-state index is -1.66. The number of ether oxygens (including phenoxy) is 1. The van der Waals surface area contributed by atoms with Gasteiger partial charge in [0.2, 0.25) is 5.91 Å². The molecule has 1 amide bonds. The van der Waals surface area contributed by atoms with E-state index in [0.717, 1.165) is 31.3 Å². The van der Waals surface area contributed by atoms with Gasteiger partial charge in [-0.15, -0.1) is 0 Å².